The molecule has 14 heteroatoms. The normalized spacial score (nSPS) is 13.0. The topological polar surface area (TPSA) is 149 Å². The fraction of sp³-hybridized carbons (Fsp3) is 1.00. The third-order valence-electron chi connectivity index (χ3n) is 1.80. The van der Waals surface area contributed by atoms with Crippen molar-refractivity contribution in [1.29, 1.82) is 0 Å². The number of hydrogen-bond donors (Lipinski definition) is 4. The SMILES string of the molecule is CC(O)CO.O=S(=O)(O)C(CF)CF.O=S(=O)(O)C(CF)CF. The van der Waals surface area contributed by atoms with Gasteiger partial charge in [-0.25, -0.2) is 17.6 Å². The van der Waals surface area contributed by atoms with Crippen LogP contribution in [0, 0.1) is 0 Å². The minimum absolute atomic E-state index is 0.139. The molecular formula is C9H20F4O8S2. The summed E-state index contributed by atoms with van der Waals surface area (Å²) in [6, 6.07) is 0. The molecule has 0 aromatic carbocycles. The van der Waals surface area contributed by atoms with Crippen LogP contribution in [-0.4, -0.2) is 86.1 Å². The van der Waals surface area contributed by atoms with Crippen molar-refractivity contribution in [1.82, 2.24) is 0 Å². The van der Waals surface area contributed by atoms with E-state index in [1.807, 2.05) is 0 Å². The predicted molar refractivity (Wildman–Crippen MR) is 73.3 cm³/mol. The highest BCUT2D eigenvalue weighted by Crippen LogP contribution is 2.00. The Morgan fingerprint density at radius 2 is 0.957 bits per heavy atom. The summed E-state index contributed by atoms with van der Waals surface area (Å²) in [5.41, 5.74) is 0. The molecule has 23 heavy (non-hydrogen) atoms. The van der Waals surface area contributed by atoms with E-state index in [1.165, 1.54) is 6.92 Å². The lowest BCUT2D eigenvalue weighted by Gasteiger charge is -2.01. The zero-order chi connectivity index (χ0) is 19.3. The van der Waals surface area contributed by atoms with Crippen LogP contribution in [-0.2, 0) is 20.2 Å². The van der Waals surface area contributed by atoms with Gasteiger partial charge in [0.15, 0.2) is 0 Å². The summed E-state index contributed by atoms with van der Waals surface area (Å²) < 4.78 is 101. The van der Waals surface area contributed by atoms with Gasteiger partial charge in [0.25, 0.3) is 20.2 Å². The summed E-state index contributed by atoms with van der Waals surface area (Å²) >= 11 is 0. The van der Waals surface area contributed by atoms with E-state index in [-0.39, 0.29) is 6.61 Å². The molecule has 144 valence electrons. The van der Waals surface area contributed by atoms with E-state index < -0.39 is 63.5 Å². The van der Waals surface area contributed by atoms with Crippen molar-refractivity contribution in [3.63, 3.8) is 0 Å². The number of hydrogen-bond acceptors (Lipinski definition) is 6. The molecule has 4 N–H and O–H groups in total. The molecule has 0 aliphatic rings. The predicted octanol–water partition coefficient (Wildman–Crippen LogP) is -0.277. The van der Waals surface area contributed by atoms with Gasteiger partial charge in [-0.1, -0.05) is 0 Å². The quantitative estimate of drug-likeness (QED) is 0.339. The molecule has 1 atom stereocenters. The standard InChI is InChI=1S/2C3H6F2O3S.C3H8O2/c2*4-1-3(2-5)9(6,7)8;1-3(5)2-4/h2*3H,1-2H2,(H,6,7,8);3-5H,2H2,1H3. The fourth-order valence-corrected chi connectivity index (χ4v) is 1.04. The molecule has 0 rings (SSSR count). The maximum absolute atomic E-state index is 11.4. The second-order valence-corrected chi connectivity index (χ2v) is 7.32. The third-order valence-corrected chi connectivity index (χ3v) is 3.98. The van der Waals surface area contributed by atoms with Gasteiger partial charge in [-0.05, 0) is 6.92 Å². The van der Waals surface area contributed by atoms with Gasteiger partial charge in [0.05, 0.1) is 12.7 Å². The molecule has 0 fully saturated rings. The Labute approximate surface area is 131 Å². The molecule has 8 nitrogen and oxygen atoms in total. The summed E-state index contributed by atoms with van der Waals surface area (Å²) in [5, 5.41) is 12.2. The second-order valence-electron chi connectivity index (χ2n) is 3.92. The fourth-order valence-electron chi connectivity index (χ4n) is 0.401. The zero-order valence-corrected chi connectivity index (χ0v) is 13.7. The van der Waals surface area contributed by atoms with Crippen molar-refractivity contribution >= 4 is 20.2 Å². The van der Waals surface area contributed by atoms with Crippen LogP contribution in [0.15, 0.2) is 0 Å². The van der Waals surface area contributed by atoms with E-state index in [9.17, 15) is 34.4 Å². The Morgan fingerprint density at radius 1 is 0.783 bits per heavy atom. The molecule has 0 aliphatic heterocycles. The number of aliphatic hydroxyl groups excluding tert-OH is 2. The van der Waals surface area contributed by atoms with E-state index in [0.717, 1.165) is 0 Å². The monoisotopic (exact) mass is 396 g/mol. The van der Waals surface area contributed by atoms with Gasteiger partial charge >= 0.3 is 0 Å². The molecule has 0 saturated heterocycles. The lowest BCUT2D eigenvalue weighted by Crippen LogP contribution is -2.24. The number of rotatable bonds is 7. The van der Waals surface area contributed by atoms with Gasteiger partial charge < -0.3 is 10.2 Å². The Hall–Kier alpha value is -0.540. The Bertz CT molecular complexity index is 420. The highest BCUT2D eigenvalue weighted by Gasteiger charge is 2.22. The zero-order valence-electron chi connectivity index (χ0n) is 12.0. The smallest absolute Gasteiger partial charge is 0.272 e. The molecule has 0 heterocycles. The number of alkyl halides is 4. The third kappa shape index (κ3) is 17.6. The van der Waals surface area contributed by atoms with Gasteiger partial charge in [-0.2, -0.15) is 16.8 Å². The van der Waals surface area contributed by atoms with Gasteiger partial charge in [0, 0.05) is 0 Å². The van der Waals surface area contributed by atoms with Crippen LogP contribution < -0.4 is 0 Å². The highest BCUT2D eigenvalue weighted by molar-refractivity contribution is 7.86. The largest absolute Gasteiger partial charge is 0.394 e. The minimum atomic E-state index is -4.52. The summed E-state index contributed by atoms with van der Waals surface area (Å²) in [4.78, 5) is 0. The van der Waals surface area contributed by atoms with E-state index in [1.54, 1.807) is 0 Å². The van der Waals surface area contributed by atoms with Gasteiger partial charge in [0.2, 0.25) is 0 Å². The lowest BCUT2D eigenvalue weighted by atomic mass is 10.5. The highest BCUT2D eigenvalue weighted by atomic mass is 32.2. The molecule has 0 aromatic rings. The summed E-state index contributed by atoms with van der Waals surface area (Å²) in [7, 11) is -9.03. The molecular weight excluding hydrogens is 376 g/mol. The Kier molecular flexibility index (Phi) is 16.5. The van der Waals surface area contributed by atoms with E-state index in [2.05, 4.69) is 0 Å². The first kappa shape index (κ1) is 27.3. The van der Waals surface area contributed by atoms with Crippen LogP contribution in [0.25, 0.3) is 0 Å². The Morgan fingerprint density at radius 3 is 0.957 bits per heavy atom. The van der Waals surface area contributed by atoms with Crippen molar-refractivity contribution < 1.29 is 53.7 Å². The van der Waals surface area contributed by atoms with Gasteiger partial charge in [-0.3, -0.25) is 9.11 Å². The first-order valence-corrected chi connectivity index (χ1v) is 8.77. The van der Waals surface area contributed by atoms with Gasteiger partial charge in [0.1, 0.15) is 37.2 Å². The van der Waals surface area contributed by atoms with E-state index in [0.29, 0.717) is 0 Å². The molecule has 0 saturated carbocycles. The average Bonchev–Trinajstić information content (AvgIpc) is 2.39. The van der Waals surface area contributed by atoms with Crippen molar-refractivity contribution in [2.75, 3.05) is 33.3 Å². The van der Waals surface area contributed by atoms with Crippen molar-refractivity contribution in [3.8, 4) is 0 Å². The number of aliphatic hydroxyl groups is 2. The molecule has 0 amide bonds. The summed E-state index contributed by atoms with van der Waals surface area (Å²) in [6.07, 6.45) is -0.560. The van der Waals surface area contributed by atoms with Crippen LogP contribution in [0.4, 0.5) is 17.6 Å². The average molecular weight is 396 g/mol. The van der Waals surface area contributed by atoms with Crippen molar-refractivity contribution in [2.45, 2.75) is 23.5 Å². The molecule has 0 radical (unpaired) electrons. The van der Waals surface area contributed by atoms with Crippen molar-refractivity contribution in [2.24, 2.45) is 0 Å². The summed E-state index contributed by atoms with van der Waals surface area (Å²) in [6.45, 7) is -4.19. The molecule has 1 unspecified atom stereocenters. The molecule has 0 aromatic heterocycles. The summed E-state index contributed by atoms with van der Waals surface area (Å²) in [5.74, 6) is 0. The molecule has 0 spiro atoms. The second kappa shape index (κ2) is 13.9. The lowest BCUT2D eigenvalue weighted by molar-refractivity contribution is 0.110. The van der Waals surface area contributed by atoms with E-state index >= 15 is 0 Å². The minimum Gasteiger partial charge on any atom is -0.394 e. The van der Waals surface area contributed by atoms with Crippen LogP contribution in [0.3, 0.4) is 0 Å². The maximum atomic E-state index is 11.4. The van der Waals surface area contributed by atoms with Crippen LogP contribution in [0.5, 0.6) is 0 Å². The van der Waals surface area contributed by atoms with Crippen molar-refractivity contribution in [3.05, 3.63) is 0 Å². The maximum Gasteiger partial charge on any atom is 0.272 e. The molecule has 0 bridgehead atoms. The van der Waals surface area contributed by atoms with Crippen LogP contribution in [0.2, 0.25) is 0 Å². The molecule has 0 aliphatic carbocycles. The van der Waals surface area contributed by atoms with Gasteiger partial charge in [-0.15, -0.1) is 0 Å². The van der Waals surface area contributed by atoms with E-state index in [4.69, 9.17) is 19.3 Å². The van der Waals surface area contributed by atoms with Crippen LogP contribution in [0.1, 0.15) is 6.92 Å². The Balaban J connectivity index is -0.000000273. The first-order valence-electron chi connectivity index (χ1n) is 5.77. The first-order chi connectivity index (χ1) is 10.3. The number of halogens is 4. The van der Waals surface area contributed by atoms with Crippen LogP contribution >= 0.6 is 0 Å².